The van der Waals surface area contributed by atoms with Gasteiger partial charge >= 0.3 is 0 Å². The first kappa shape index (κ1) is 19.9. The molecule has 0 aliphatic carbocycles. The lowest BCUT2D eigenvalue weighted by Gasteiger charge is -2.20. The number of halogens is 1. The molecule has 0 atom stereocenters. The molecule has 1 amide bonds. The Morgan fingerprint density at radius 3 is 2.46 bits per heavy atom. The molecule has 0 bridgehead atoms. The smallest absolute Gasteiger partial charge is 0.256 e. The predicted molar refractivity (Wildman–Crippen MR) is 108 cm³/mol. The Morgan fingerprint density at radius 1 is 1.11 bits per heavy atom. The number of carbonyl (C=O) groups is 1. The zero-order valence-electron chi connectivity index (χ0n) is 15.7. The van der Waals surface area contributed by atoms with Crippen molar-refractivity contribution in [3.63, 3.8) is 0 Å². The van der Waals surface area contributed by atoms with Gasteiger partial charge in [0.2, 0.25) is 0 Å². The van der Waals surface area contributed by atoms with E-state index in [9.17, 15) is 9.18 Å². The predicted octanol–water partition coefficient (Wildman–Crippen LogP) is 3.15. The maximum absolute atomic E-state index is 13.0. The van der Waals surface area contributed by atoms with Crippen molar-refractivity contribution >= 4 is 23.8 Å². The lowest BCUT2D eigenvalue weighted by molar-refractivity contribution is 0.102. The molecule has 1 aliphatic heterocycles. The van der Waals surface area contributed by atoms with E-state index in [1.54, 1.807) is 0 Å². The Balaban J connectivity index is 1.63. The third-order valence-corrected chi connectivity index (χ3v) is 4.79. The maximum Gasteiger partial charge on any atom is 0.256 e. The molecule has 0 saturated carbocycles. The molecule has 1 aromatic heterocycles. The second-order valence-corrected chi connectivity index (χ2v) is 6.77. The lowest BCUT2D eigenvalue weighted by atomic mass is 10.2. The highest BCUT2D eigenvalue weighted by molar-refractivity contribution is 6.06. The second kappa shape index (κ2) is 9.89. The molecule has 7 nitrogen and oxygen atoms in total. The normalized spacial score (nSPS) is 14.9. The lowest BCUT2D eigenvalue weighted by Crippen LogP contribution is -2.30. The van der Waals surface area contributed by atoms with E-state index in [0.717, 1.165) is 25.8 Å². The van der Waals surface area contributed by atoms with Crippen molar-refractivity contribution in [1.82, 2.24) is 14.9 Å². The van der Waals surface area contributed by atoms with Crippen LogP contribution in [-0.2, 0) is 0 Å². The van der Waals surface area contributed by atoms with Gasteiger partial charge in [-0.15, -0.1) is 0 Å². The number of likely N-dealkylation sites (tertiary alicyclic amines) is 1. The Labute approximate surface area is 163 Å². The standard InChI is InChI=1S/C20H25FN6O/c21-16-7-5-15(6-8-16)20(28)26-19-17(13-22)18(24-14-25-19)23-9-12-27-10-3-1-2-4-11-27/h5-8,13-14,22H,1-4,9-12H2,(H2,23,24,25,26,28). The van der Waals surface area contributed by atoms with Crippen molar-refractivity contribution in [2.45, 2.75) is 25.7 Å². The van der Waals surface area contributed by atoms with Gasteiger partial charge < -0.3 is 20.9 Å². The fourth-order valence-corrected chi connectivity index (χ4v) is 3.25. The summed E-state index contributed by atoms with van der Waals surface area (Å²) in [6.45, 7) is 3.83. The minimum Gasteiger partial charge on any atom is -0.368 e. The van der Waals surface area contributed by atoms with Gasteiger partial charge in [0.05, 0.1) is 5.56 Å². The number of hydrogen-bond acceptors (Lipinski definition) is 6. The van der Waals surface area contributed by atoms with Crippen LogP contribution in [0.4, 0.5) is 16.0 Å². The van der Waals surface area contributed by atoms with Crippen molar-refractivity contribution in [3.05, 3.63) is 47.5 Å². The summed E-state index contributed by atoms with van der Waals surface area (Å²) in [7, 11) is 0. The van der Waals surface area contributed by atoms with Gasteiger partial charge in [0.1, 0.15) is 23.8 Å². The van der Waals surface area contributed by atoms with Gasteiger partial charge in [-0.1, -0.05) is 12.8 Å². The molecule has 0 spiro atoms. The van der Waals surface area contributed by atoms with Crippen LogP contribution < -0.4 is 10.6 Å². The van der Waals surface area contributed by atoms with E-state index < -0.39 is 11.7 Å². The molecular weight excluding hydrogens is 359 g/mol. The van der Waals surface area contributed by atoms with Crippen LogP contribution in [-0.4, -0.2) is 53.2 Å². The zero-order chi connectivity index (χ0) is 19.8. The number of carbonyl (C=O) groups excluding carboxylic acids is 1. The zero-order valence-corrected chi connectivity index (χ0v) is 15.7. The number of anilines is 2. The van der Waals surface area contributed by atoms with Gasteiger partial charge in [0.25, 0.3) is 5.91 Å². The molecule has 1 aromatic carbocycles. The summed E-state index contributed by atoms with van der Waals surface area (Å²) in [5.41, 5.74) is 0.723. The van der Waals surface area contributed by atoms with Crippen LogP contribution in [0.2, 0.25) is 0 Å². The quantitative estimate of drug-likeness (QED) is 0.638. The molecule has 0 unspecified atom stereocenters. The van der Waals surface area contributed by atoms with Crippen LogP contribution in [0.5, 0.6) is 0 Å². The fourth-order valence-electron chi connectivity index (χ4n) is 3.25. The molecular formula is C20H25FN6O. The minimum atomic E-state index is -0.419. The largest absolute Gasteiger partial charge is 0.368 e. The van der Waals surface area contributed by atoms with Gasteiger partial charge in [-0.05, 0) is 50.2 Å². The highest BCUT2D eigenvalue weighted by atomic mass is 19.1. The molecule has 2 aromatic rings. The van der Waals surface area contributed by atoms with Crippen molar-refractivity contribution in [2.24, 2.45) is 0 Å². The van der Waals surface area contributed by atoms with Gasteiger partial charge in [-0.25, -0.2) is 14.4 Å². The van der Waals surface area contributed by atoms with Crippen LogP contribution in [0, 0.1) is 11.2 Å². The van der Waals surface area contributed by atoms with Crippen LogP contribution in [0.3, 0.4) is 0 Å². The maximum atomic E-state index is 13.0. The van der Waals surface area contributed by atoms with Crippen LogP contribution in [0.1, 0.15) is 41.6 Å². The summed E-state index contributed by atoms with van der Waals surface area (Å²) >= 11 is 0. The number of benzene rings is 1. The number of hydrogen-bond donors (Lipinski definition) is 3. The Kier molecular flexibility index (Phi) is 7.02. The van der Waals surface area contributed by atoms with Crippen LogP contribution in [0.25, 0.3) is 0 Å². The number of nitrogens with zero attached hydrogens (tertiary/aromatic N) is 3. The monoisotopic (exact) mass is 384 g/mol. The molecule has 3 N–H and O–H groups in total. The summed E-state index contributed by atoms with van der Waals surface area (Å²) in [6, 6.07) is 5.25. The molecule has 8 heteroatoms. The van der Waals surface area contributed by atoms with E-state index in [4.69, 9.17) is 5.41 Å². The van der Waals surface area contributed by atoms with E-state index in [1.807, 2.05) is 0 Å². The molecule has 0 radical (unpaired) electrons. The van der Waals surface area contributed by atoms with Gasteiger partial charge in [-0.3, -0.25) is 4.79 Å². The molecule has 3 rings (SSSR count). The Morgan fingerprint density at radius 2 is 1.79 bits per heavy atom. The van der Waals surface area contributed by atoms with Crippen molar-refractivity contribution in [1.29, 1.82) is 5.41 Å². The molecule has 1 fully saturated rings. The summed E-state index contributed by atoms with van der Waals surface area (Å²) in [5, 5.41) is 13.6. The first-order valence-corrected chi connectivity index (χ1v) is 9.56. The number of aromatic nitrogens is 2. The van der Waals surface area contributed by atoms with Gasteiger partial charge in [-0.2, -0.15) is 0 Å². The molecule has 28 heavy (non-hydrogen) atoms. The van der Waals surface area contributed by atoms with Crippen molar-refractivity contribution < 1.29 is 9.18 Å². The molecule has 2 heterocycles. The number of amides is 1. The first-order chi connectivity index (χ1) is 13.7. The average Bonchev–Trinajstić information content (AvgIpc) is 2.97. The topological polar surface area (TPSA) is 94.0 Å². The van der Waals surface area contributed by atoms with Crippen LogP contribution in [0.15, 0.2) is 30.6 Å². The van der Waals surface area contributed by atoms with E-state index in [1.165, 1.54) is 56.3 Å². The first-order valence-electron chi connectivity index (χ1n) is 9.56. The van der Waals surface area contributed by atoms with Crippen molar-refractivity contribution in [3.8, 4) is 0 Å². The Bertz CT molecular complexity index is 803. The molecule has 1 saturated heterocycles. The molecule has 1 aliphatic rings. The summed E-state index contributed by atoms with van der Waals surface area (Å²) in [6.07, 6.45) is 7.53. The van der Waals surface area contributed by atoms with Gasteiger partial charge in [0, 0.05) is 24.9 Å². The van der Waals surface area contributed by atoms with E-state index >= 15 is 0 Å². The number of rotatable bonds is 7. The average molecular weight is 384 g/mol. The third-order valence-electron chi connectivity index (χ3n) is 4.79. The van der Waals surface area contributed by atoms with Gasteiger partial charge in [0.15, 0.2) is 0 Å². The van der Waals surface area contributed by atoms with E-state index in [0.29, 0.717) is 23.5 Å². The fraction of sp³-hybridized carbons (Fsp3) is 0.400. The molecule has 148 valence electrons. The summed E-state index contributed by atoms with van der Waals surface area (Å²) in [5.74, 6) is -0.0715. The van der Waals surface area contributed by atoms with Crippen LogP contribution >= 0.6 is 0 Å². The minimum absolute atomic E-state index is 0.247. The highest BCUT2D eigenvalue weighted by Gasteiger charge is 2.14. The third kappa shape index (κ3) is 5.32. The SMILES string of the molecule is N=Cc1c(NCCN2CCCCCC2)ncnc1NC(=O)c1ccc(F)cc1. The summed E-state index contributed by atoms with van der Waals surface area (Å²) in [4.78, 5) is 23.1. The van der Waals surface area contributed by atoms with Crippen molar-refractivity contribution in [2.75, 3.05) is 36.8 Å². The summed E-state index contributed by atoms with van der Waals surface area (Å²) < 4.78 is 13.0. The van der Waals surface area contributed by atoms with E-state index in [-0.39, 0.29) is 5.82 Å². The second-order valence-electron chi connectivity index (χ2n) is 6.77. The number of nitrogens with one attached hydrogen (secondary N) is 3. The highest BCUT2D eigenvalue weighted by Crippen LogP contribution is 2.18. The Hall–Kier alpha value is -2.87. The van der Waals surface area contributed by atoms with E-state index in [2.05, 4.69) is 25.5 Å².